The van der Waals surface area contributed by atoms with E-state index >= 15 is 0 Å². The van der Waals surface area contributed by atoms with E-state index in [1.807, 2.05) is 78.9 Å². The second-order valence-electron chi connectivity index (χ2n) is 15.7. The third-order valence-electron chi connectivity index (χ3n) is 11.8. The summed E-state index contributed by atoms with van der Waals surface area (Å²) < 4.78 is 8.85. The van der Waals surface area contributed by atoms with Gasteiger partial charge in [0.05, 0.1) is 22.4 Å². The van der Waals surface area contributed by atoms with Crippen molar-refractivity contribution in [2.75, 3.05) is 4.90 Å². The highest BCUT2D eigenvalue weighted by molar-refractivity contribution is 6.10. The van der Waals surface area contributed by atoms with Crippen LogP contribution in [0.4, 0.5) is 17.1 Å². The zero-order valence-electron chi connectivity index (χ0n) is 34.0. The number of aromatic nitrogens is 4. The Labute approximate surface area is 364 Å². The number of ether oxygens (including phenoxy) is 1. The zero-order chi connectivity index (χ0) is 41.7. The maximum Gasteiger partial charge on any atom is 0.164 e. The summed E-state index contributed by atoms with van der Waals surface area (Å²) >= 11 is 0. The molecule has 2 aromatic heterocycles. The normalized spacial score (nSPS) is 11.9. The number of nitrogens with zero attached hydrogens (tertiary/aromatic N) is 5. The van der Waals surface area contributed by atoms with Crippen LogP contribution >= 0.6 is 0 Å². The first-order valence-electron chi connectivity index (χ1n) is 21.1. The smallest absolute Gasteiger partial charge is 0.164 e. The topological polar surface area (TPSA) is 56.1 Å². The summed E-state index contributed by atoms with van der Waals surface area (Å²) in [6.07, 6.45) is 0. The molecule has 12 rings (SSSR count). The monoisotopic (exact) mass is 807 g/mol. The fourth-order valence-electron chi connectivity index (χ4n) is 8.80. The molecule has 0 atom stereocenters. The Hall–Kier alpha value is -8.61. The van der Waals surface area contributed by atoms with E-state index in [2.05, 4.69) is 155 Å². The lowest BCUT2D eigenvalue weighted by molar-refractivity contribution is 0.477. The van der Waals surface area contributed by atoms with Gasteiger partial charge in [0.15, 0.2) is 29.0 Å². The number of para-hydroxylation sites is 4. The molecule has 0 fully saturated rings. The molecule has 296 valence electrons. The Morgan fingerprint density at radius 3 is 1.52 bits per heavy atom. The lowest BCUT2D eigenvalue weighted by Gasteiger charge is -2.33. The quantitative estimate of drug-likeness (QED) is 0.161. The van der Waals surface area contributed by atoms with E-state index in [9.17, 15) is 0 Å². The molecule has 0 saturated carbocycles. The molecule has 0 radical (unpaired) electrons. The highest BCUT2D eigenvalue weighted by Gasteiger charge is 2.26. The van der Waals surface area contributed by atoms with Gasteiger partial charge in [-0.3, -0.25) is 0 Å². The summed E-state index contributed by atoms with van der Waals surface area (Å²) in [4.78, 5) is 17.2. The number of benzene rings is 9. The van der Waals surface area contributed by atoms with E-state index in [4.69, 9.17) is 19.7 Å². The van der Waals surface area contributed by atoms with Gasteiger partial charge in [0.25, 0.3) is 0 Å². The first-order valence-corrected chi connectivity index (χ1v) is 21.1. The highest BCUT2D eigenvalue weighted by atomic mass is 16.5. The molecule has 0 N–H and O–H groups in total. The van der Waals surface area contributed by atoms with Crippen molar-refractivity contribution < 1.29 is 4.74 Å². The first-order chi connectivity index (χ1) is 31.2. The van der Waals surface area contributed by atoms with E-state index in [0.717, 1.165) is 84.2 Å². The molecule has 11 aromatic rings. The van der Waals surface area contributed by atoms with Gasteiger partial charge >= 0.3 is 0 Å². The number of hydrogen-bond donors (Lipinski definition) is 0. The molecule has 0 saturated heterocycles. The SMILES string of the molecule is c1ccc(-c2nc(-c3ccccc3)nc(-c3cccc(-n4c5ccccc5c5cc(-c6ccc(-c7ccc8c(c7)Oc7ccccc7N8c7ccccc7)cc6)ccc54)c3)n2)cc1. The van der Waals surface area contributed by atoms with Crippen molar-refractivity contribution >= 4 is 38.9 Å². The number of hydrogen-bond acceptors (Lipinski definition) is 5. The van der Waals surface area contributed by atoms with Crippen molar-refractivity contribution in [3.05, 3.63) is 224 Å². The molecule has 0 unspecified atom stereocenters. The molecular formula is C57H37N5O. The summed E-state index contributed by atoms with van der Waals surface area (Å²) in [5, 5.41) is 2.37. The van der Waals surface area contributed by atoms with Crippen LogP contribution in [0, 0.1) is 0 Å². The fourth-order valence-corrected chi connectivity index (χ4v) is 8.80. The molecule has 63 heavy (non-hydrogen) atoms. The van der Waals surface area contributed by atoms with Gasteiger partial charge in [-0.1, -0.05) is 158 Å². The standard InChI is InChI=1S/C57H37N5O/c1-4-15-40(16-5-1)55-58-56(41-17-6-2-7-18-41)60-57(59-55)44-19-14-22-46(35-44)62-49-24-11-10-23-47(49)48-36-42(31-33-50(48)62)38-27-29-39(30-28-38)43-32-34-52-54(37-43)63-53-26-13-12-25-51(53)61(52)45-20-8-3-9-21-45/h1-37H. The molecule has 0 amide bonds. The van der Waals surface area contributed by atoms with Crippen molar-refractivity contribution in [3.63, 3.8) is 0 Å². The molecule has 6 heteroatoms. The molecule has 0 aliphatic carbocycles. The first kappa shape index (κ1) is 36.3. The number of fused-ring (bicyclic) bond motifs is 5. The third-order valence-corrected chi connectivity index (χ3v) is 11.8. The Balaban J connectivity index is 0.892. The van der Waals surface area contributed by atoms with Gasteiger partial charge in [0, 0.05) is 38.8 Å². The molecule has 6 nitrogen and oxygen atoms in total. The van der Waals surface area contributed by atoms with Crippen molar-refractivity contribution in [1.29, 1.82) is 0 Å². The Morgan fingerprint density at radius 1 is 0.302 bits per heavy atom. The minimum atomic E-state index is 0.624. The van der Waals surface area contributed by atoms with Crippen LogP contribution in [0.3, 0.4) is 0 Å². The van der Waals surface area contributed by atoms with Crippen LogP contribution < -0.4 is 9.64 Å². The van der Waals surface area contributed by atoms with Crippen LogP contribution in [-0.4, -0.2) is 19.5 Å². The largest absolute Gasteiger partial charge is 0.453 e. The number of rotatable bonds is 7. The van der Waals surface area contributed by atoms with Crippen molar-refractivity contribution in [1.82, 2.24) is 19.5 Å². The van der Waals surface area contributed by atoms with Crippen LogP contribution in [0.25, 0.3) is 83.9 Å². The lowest BCUT2D eigenvalue weighted by Crippen LogP contribution is -2.15. The van der Waals surface area contributed by atoms with Gasteiger partial charge in [-0.25, -0.2) is 15.0 Å². The molecule has 3 heterocycles. The summed E-state index contributed by atoms with van der Waals surface area (Å²) in [6, 6.07) is 78.1. The van der Waals surface area contributed by atoms with E-state index in [0.29, 0.717) is 17.5 Å². The summed E-state index contributed by atoms with van der Waals surface area (Å²) in [6.45, 7) is 0. The van der Waals surface area contributed by atoms with Crippen molar-refractivity contribution in [3.8, 4) is 73.6 Å². The predicted octanol–water partition coefficient (Wildman–Crippen LogP) is 14.9. The van der Waals surface area contributed by atoms with Gasteiger partial charge in [-0.15, -0.1) is 0 Å². The van der Waals surface area contributed by atoms with Crippen molar-refractivity contribution in [2.24, 2.45) is 0 Å². The second kappa shape index (κ2) is 15.1. The van der Waals surface area contributed by atoms with Crippen LogP contribution in [0.5, 0.6) is 11.5 Å². The second-order valence-corrected chi connectivity index (χ2v) is 15.7. The van der Waals surface area contributed by atoms with Crippen molar-refractivity contribution in [2.45, 2.75) is 0 Å². The Bertz CT molecular complexity index is 3420. The Kier molecular flexibility index (Phi) is 8.71. The summed E-state index contributed by atoms with van der Waals surface area (Å²) in [5.41, 5.74) is 13.7. The molecular weight excluding hydrogens is 771 g/mol. The minimum absolute atomic E-state index is 0.624. The van der Waals surface area contributed by atoms with Gasteiger partial charge in [-0.2, -0.15) is 0 Å². The van der Waals surface area contributed by atoms with E-state index in [1.54, 1.807) is 0 Å². The van der Waals surface area contributed by atoms with E-state index in [1.165, 1.54) is 10.8 Å². The molecule has 9 aromatic carbocycles. The molecule has 1 aliphatic rings. The van der Waals surface area contributed by atoms with Crippen LogP contribution in [-0.2, 0) is 0 Å². The highest BCUT2D eigenvalue weighted by Crippen LogP contribution is 2.51. The van der Waals surface area contributed by atoms with Crippen LogP contribution in [0.15, 0.2) is 224 Å². The van der Waals surface area contributed by atoms with Gasteiger partial charge in [0.1, 0.15) is 0 Å². The lowest BCUT2D eigenvalue weighted by atomic mass is 9.98. The zero-order valence-corrected chi connectivity index (χ0v) is 34.0. The van der Waals surface area contributed by atoms with Crippen LogP contribution in [0.1, 0.15) is 0 Å². The van der Waals surface area contributed by atoms with Crippen LogP contribution in [0.2, 0.25) is 0 Å². The molecule has 1 aliphatic heterocycles. The van der Waals surface area contributed by atoms with E-state index in [-0.39, 0.29) is 0 Å². The van der Waals surface area contributed by atoms with Gasteiger partial charge in [-0.05, 0) is 89.0 Å². The number of anilines is 3. The molecule has 0 spiro atoms. The van der Waals surface area contributed by atoms with E-state index < -0.39 is 0 Å². The summed E-state index contributed by atoms with van der Waals surface area (Å²) in [5.74, 6) is 3.57. The minimum Gasteiger partial charge on any atom is -0.453 e. The third kappa shape index (κ3) is 6.49. The predicted molar refractivity (Wildman–Crippen MR) is 256 cm³/mol. The maximum atomic E-state index is 6.51. The Morgan fingerprint density at radius 2 is 0.810 bits per heavy atom. The maximum absolute atomic E-state index is 6.51. The summed E-state index contributed by atoms with van der Waals surface area (Å²) in [7, 11) is 0. The molecule has 0 bridgehead atoms. The average molecular weight is 808 g/mol. The average Bonchev–Trinajstić information content (AvgIpc) is 3.70. The van der Waals surface area contributed by atoms with Gasteiger partial charge < -0.3 is 14.2 Å². The fraction of sp³-hybridized carbons (Fsp3) is 0. The van der Waals surface area contributed by atoms with Gasteiger partial charge in [0.2, 0.25) is 0 Å².